The Labute approximate surface area is 225 Å². The molecule has 0 radical (unpaired) electrons. The number of amides is 1. The summed E-state index contributed by atoms with van der Waals surface area (Å²) in [5, 5.41) is 13.5. The van der Waals surface area contributed by atoms with Gasteiger partial charge in [-0.05, 0) is 56.2 Å². The maximum Gasteiger partial charge on any atom is 0.234 e. The average Bonchev–Trinajstić information content (AvgIpc) is 2.90. The van der Waals surface area contributed by atoms with Gasteiger partial charge in [-0.1, -0.05) is 30.0 Å². The molecule has 1 aliphatic heterocycles. The van der Waals surface area contributed by atoms with Crippen LogP contribution in [0.4, 0.5) is 5.69 Å². The van der Waals surface area contributed by atoms with Crippen LogP contribution in [-0.2, 0) is 17.8 Å². The van der Waals surface area contributed by atoms with Crippen LogP contribution in [0, 0.1) is 20.8 Å². The predicted molar refractivity (Wildman–Crippen MR) is 147 cm³/mol. The number of benzene rings is 2. The monoisotopic (exact) mass is 528 g/mol. The van der Waals surface area contributed by atoms with Crippen molar-refractivity contribution < 1.29 is 19.4 Å². The fourth-order valence-corrected chi connectivity index (χ4v) is 5.37. The molecule has 1 aliphatic rings. The molecule has 0 unspecified atom stereocenters. The van der Waals surface area contributed by atoms with Gasteiger partial charge in [0.2, 0.25) is 11.8 Å². The number of thioether (sulfide) groups is 1. The molecule has 0 saturated carbocycles. The molecule has 2 aromatic carbocycles. The third-order valence-corrected chi connectivity index (χ3v) is 7.27. The summed E-state index contributed by atoms with van der Waals surface area (Å²) in [6.07, 6.45) is 2.12. The minimum absolute atomic E-state index is 0.139. The zero-order valence-electron chi connectivity index (χ0n) is 21.7. The van der Waals surface area contributed by atoms with Crippen LogP contribution in [0.1, 0.15) is 33.5 Å². The first-order chi connectivity index (χ1) is 18.4. The highest BCUT2D eigenvalue weighted by atomic mass is 32.2. The van der Waals surface area contributed by atoms with Gasteiger partial charge in [0.1, 0.15) is 10.8 Å². The highest BCUT2D eigenvalue weighted by Gasteiger charge is 2.28. The van der Waals surface area contributed by atoms with E-state index in [9.17, 15) is 9.90 Å². The number of hydrogen-bond donors (Lipinski definition) is 2. The van der Waals surface area contributed by atoms with Gasteiger partial charge in [-0.3, -0.25) is 9.78 Å². The number of ether oxygens (including phenoxy) is 2. The predicted octanol–water partition coefficient (Wildman–Crippen LogP) is 5.39. The number of nitrogens with zero attached hydrogens (tertiary/aromatic N) is 3. The first-order valence-corrected chi connectivity index (χ1v) is 13.2. The molecule has 9 heteroatoms. The number of hydrogen-bond acceptors (Lipinski definition) is 8. The topological polar surface area (TPSA) is 106 Å². The Morgan fingerprint density at radius 2 is 1.87 bits per heavy atom. The van der Waals surface area contributed by atoms with Crippen LogP contribution in [-0.4, -0.2) is 38.8 Å². The normalized spacial score (nSPS) is 11.8. The maximum absolute atomic E-state index is 12.9. The van der Waals surface area contributed by atoms with Gasteiger partial charge in [-0.2, -0.15) is 4.98 Å². The highest BCUT2D eigenvalue weighted by Crippen LogP contribution is 2.43. The summed E-state index contributed by atoms with van der Waals surface area (Å²) < 4.78 is 11.8. The lowest BCUT2D eigenvalue weighted by molar-refractivity contribution is -0.113. The lowest BCUT2D eigenvalue weighted by Gasteiger charge is -2.24. The number of aryl methyl sites for hydroxylation is 3. The van der Waals surface area contributed by atoms with Crippen molar-refractivity contribution in [1.29, 1.82) is 0 Å². The van der Waals surface area contributed by atoms with Crippen LogP contribution in [0.5, 0.6) is 17.4 Å². The van der Waals surface area contributed by atoms with Crippen molar-refractivity contribution in [3.05, 3.63) is 82.2 Å². The van der Waals surface area contributed by atoms with Crippen LogP contribution in [0.3, 0.4) is 0 Å². The molecule has 0 aliphatic carbocycles. The van der Waals surface area contributed by atoms with E-state index in [0.717, 1.165) is 27.9 Å². The minimum atomic E-state index is -0.157. The third-order valence-electron chi connectivity index (χ3n) is 6.25. The van der Waals surface area contributed by atoms with E-state index in [0.29, 0.717) is 51.5 Å². The lowest BCUT2D eigenvalue weighted by atomic mass is 9.99. The van der Waals surface area contributed by atoms with E-state index in [2.05, 4.69) is 16.4 Å². The van der Waals surface area contributed by atoms with Crippen LogP contribution >= 0.6 is 11.8 Å². The van der Waals surface area contributed by atoms with Crippen LogP contribution in [0.25, 0.3) is 11.4 Å². The number of nitrogens with one attached hydrogen (secondary N) is 1. The lowest BCUT2D eigenvalue weighted by Crippen LogP contribution is -2.16. The number of pyridine rings is 1. The van der Waals surface area contributed by atoms with E-state index in [1.165, 1.54) is 11.8 Å². The Morgan fingerprint density at radius 3 is 2.61 bits per heavy atom. The second-order valence-corrected chi connectivity index (χ2v) is 10.1. The van der Waals surface area contributed by atoms with Crippen molar-refractivity contribution in [3.8, 4) is 28.8 Å². The van der Waals surface area contributed by atoms with Crippen LogP contribution in [0.15, 0.2) is 53.7 Å². The zero-order valence-corrected chi connectivity index (χ0v) is 22.5. The molecule has 8 nitrogen and oxygen atoms in total. The molecular weight excluding hydrogens is 500 g/mol. The number of anilines is 1. The first kappa shape index (κ1) is 25.7. The van der Waals surface area contributed by atoms with Gasteiger partial charge in [-0.15, -0.1) is 0 Å². The molecule has 0 saturated heterocycles. The van der Waals surface area contributed by atoms with Crippen molar-refractivity contribution in [3.63, 3.8) is 0 Å². The van der Waals surface area contributed by atoms with Gasteiger partial charge < -0.3 is 19.9 Å². The number of aromatic nitrogens is 3. The Bertz CT molecular complexity index is 1520. The summed E-state index contributed by atoms with van der Waals surface area (Å²) in [6.45, 7) is 5.70. The van der Waals surface area contributed by atoms with Gasteiger partial charge >= 0.3 is 0 Å². The molecule has 5 rings (SSSR count). The smallest absolute Gasteiger partial charge is 0.234 e. The van der Waals surface area contributed by atoms with Gasteiger partial charge in [0.25, 0.3) is 0 Å². The Kier molecular flexibility index (Phi) is 7.31. The van der Waals surface area contributed by atoms with Gasteiger partial charge in [0.05, 0.1) is 36.3 Å². The standard InChI is InChI=1S/C29H28N4O4S/c1-16-9-17(2)11-20(10-16)31-25(35)15-38-29-23-12-22-19(14-34)13-30-18(3)26(22)37-28(23)32-27(33-29)21-7-5-6-8-24(21)36-4/h5-11,13,34H,12,14-15H2,1-4H3,(H,31,35). The SMILES string of the molecule is COc1ccccc1-c1nc2c(c(SCC(=O)Nc3cc(C)cc(C)c3)n1)Cc1c(CO)cnc(C)c1O2. The number of para-hydroxylation sites is 1. The number of aliphatic hydroxyl groups is 1. The third kappa shape index (κ3) is 5.20. The number of carbonyl (C=O) groups is 1. The zero-order chi connectivity index (χ0) is 26.8. The van der Waals surface area contributed by atoms with Crippen molar-refractivity contribution in [2.75, 3.05) is 18.2 Å². The van der Waals surface area contributed by atoms with E-state index in [4.69, 9.17) is 19.4 Å². The van der Waals surface area contributed by atoms with Crippen molar-refractivity contribution in [2.45, 2.75) is 38.8 Å². The van der Waals surface area contributed by atoms with E-state index in [1.807, 2.05) is 57.2 Å². The Morgan fingerprint density at radius 1 is 1.11 bits per heavy atom. The Hall–Kier alpha value is -3.95. The first-order valence-electron chi connectivity index (χ1n) is 12.2. The molecule has 38 heavy (non-hydrogen) atoms. The molecule has 0 fully saturated rings. The quantitative estimate of drug-likeness (QED) is 0.214. The minimum Gasteiger partial charge on any atom is -0.496 e. The molecule has 4 aromatic rings. The Balaban J connectivity index is 1.51. The molecule has 0 spiro atoms. The molecule has 0 bridgehead atoms. The van der Waals surface area contributed by atoms with E-state index in [-0.39, 0.29) is 18.3 Å². The number of carbonyl (C=O) groups excluding carboxylic acids is 1. The number of rotatable bonds is 7. The maximum atomic E-state index is 12.9. The van der Waals surface area contributed by atoms with E-state index < -0.39 is 0 Å². The second-order valence-electron chi connectivity index (χ2n) is 9.16. The summed E-state index contributed by atoms with van der Waals surface area (Å²) in [6, 6.07) is 13.5. The van der Waals surface area contributed by atoms with Crippen molar-refractivity contribution in [2.24, 2.45) is 0 Å². The highest BCUT2D eigenvalue weighted by molar-refractivity contribution is 8.00. The molecular formula is C29H28N4O4S. The number of methoxy groups -OCH3 is 1. The molecule has 2 N–H and O–H groups in total. The molecule has 3 heterocycles. The van der Waals surface area contributed by atoms with Crippen LogP contribution in [0.2, 0.25) is 0 Å². The van der Waals surface area contributed by atoms with E-state index in [1.54, 1.807) is 13.3 Å². The largest absolute Gasteiger partial charge is 0.496 e. The molecule has 194 valence electrons. The summed E-state index contributed by atoms with van der Waals surface area (Å²) >= 11 is 1.32. The molecule has 0 atom stereocenters. The summed E-state index contributed by atoms with van der Waals surface area (Å²) in [5.74, 6) is 2.08. The fraction of sp³-hybridized carbons (Fsp3) is 0.241. The van der Waals surface area contributed by atoms with Gasteiger partial charge in [-0.25, -0.2) is 4.98 Å². The second kappa shape index (κ2) is 10.8. The van der Waals surface area contributed by atoms with Crippen LogP contribution < -0.4 is 14.8 Å². The van der Waals surface area contributed by atoms with Gasteiger partial charge in [0, 0.05) is 29.4 Å². The van der Waals surface area contributed by atoms with E-state index >= 15 is 0 Å². The summed E-state index contributed by atoms with van der Waals surface area (Å²) in [5.41, 5.74) is 6.66. The summed E-state index contributed by atoms with van der Waals surface area (Å²) in [4.78, 5) is 26.9. The summed E-state index contributed by atoms with van der Waals surface area (Å²) in [7, 11) is 1.60. The number of fused-ring (bicyclic) bond motifs is 2. The number of aliphatic hydroxyl groups excluding tert-OH is 1. The molecule has 1 amide bonds. The van der Waals surface area contributed by atoms with Gasteiger partial charge in [0.15, 0.2) is 11.6 Å². The average molecular weight is 529 g/mol. The fourth-order valence-electron chi connectivity index (χ4n) is 4.54. The van der Waals surface area contributed by atoms with Crippen molar-refractivity contribution >= 4 is 23.4 Å². The molecule has 2 aromatic heterocycles. The van der Waals surface area contributed by atoms with Crippen molar-refractivity contribution in [1.82, 2.24) is 15.0 Å².